The van der Waals surface area contributed by atoms with Gasteiger partial charge in [0.25, 0.3) is 0 Å². The first-order valence-electron chi connectivity index (χ1n) is 9.69. The zero-order valence-corrected chi connectivity index (χ0v) is 16.3. The molecule has 3 heteroatoms. The molecule has 3 nitrogen and oxygen atoms in total. The minimum absolute atomic E-state index is 0.217. The van der Waals surface area contributed by atoms with E-state index in [4.69, 9.17) is 4.74 Å². The van der Waals surface area contributed by atoms with Crippen molar-refractivity contribution in [2.45, 2.75) is 38.8 Å². The summed E-state index contributed by atoms with van der Waals surface area (Å²) in [5, 5.41) is 0. The van der Waals surface area contributed by atoms with Crippen LogP contribution in [0.3, 0.4) is 0 Å². The molecule has 0 radical (unpaired) electrons. The molecule has 0 fully saturated rings. The van der Waals surface area contributed by atoms with Gasteiger partial charge in [0.1, 0.15) is 6.29 Å². The van der Waals surface area contributed by atoms with Gasteiger partial charge in [-0.1, -0.05) is 91.0 Å². The summed E-state index contributed by atoms with van der Waals surface area (Å²) >= 11 is 0. The van der Waals surface area contributed by atoms with Crippen LogP contribution in [0.2, 0.25) is 0 Å². The smallest absolute Gasteiger partial charge is 0.139 e. The van der Waals surface area contributed by atoms with Crippen molar-refractivity contribution in [3.8, 4) is 0 Å². The number of ether oxygens (including phenoxy) is 1. The molecule has 0 bridgehead atoms. The summed E-state index contributed by atoms with van der Waals surface area (Å²) in [5.41, 5.74) is 3.47. The summed E-state index contributed by atoms with van der Waals surface area (Å²) in [5.74, 6) is 0. The molecule has 3 aromatic carbocycles. The lowest BCUT2D eigenvalue weighted by atomic mass is 10.1. The first-order valence-corrected chi connectivity index (χ1v) is 9.69. The Morgan fingerprint density at radius 3 is 1.61 bits per heavy atom. The van der Waals surface area contributed by atoms with Gasteiger partial charge in [-0.25, -0.2) is 0 Å². The second-order valence-electron chi connectivity index (χ2n) is 7.00. The highest BCUT2D eigenvalue weighted by Gasteiger charge is 2.25. The van der Waals surface area contributed by atoms with Gasteiger partial charge in [-0.2, -0.15) is 0 Å². The minimum atomic E-state index is -0.330. The Morgan fingerprint density at radius 1 is 0.750 bits per heavy atom. The molecule has 0 aliphatic carbocycles. The van der Waals surface area contributed by atoms with Crippen LogP contribution in [0.15, 0.2) is 91.0 Å². The van der Waals surface area contributed by atoms with E-state index < -0.39 is 0 Å². The number of benzene rings is 3. The van der Waals surface area contributed by atoms with Crippen molar-refractivity contribution in [3.05, 3.63) is 108 Å². The molecule has 0 unspecified atom stereocenters. The number of hydrogen-bond donors (Lipinski definition) is 0. The van der Waals surface area contributed by atoms with Gasteiger partial charge in [0.05, 0.1) is 18.8 Å². The third kappa shape index (κ3) is 5.88. The van der Waals surface area contributed by atoms with Gasteiger partial charge in [0.2, 0.25) is 0 Å². The number of nitrogens with zero attached hydrogens (tertiary/aromatic N) is 1. The first-order chi connectivity index (χ1) is 13.8. The molecule has 0 saturated heterocycles. The van der Waals surface area contributed by atoms with Crippen molar-refractivity contribution in [2.24, 2.45) is 0 Å². The molecule has 2 atom stereocenters. The Hall–Kier alpha value is -2.75. The van der Waals surface area contributed by atoms with Crippen LogP contribution in [0.4, 0.5) is 0 Å². The predicted molar refractivity (Wildman–Crippen MR) is 113 cm³/mol. The highest BCUT2D eigenvalue weighted by Crippen LogP contribution is 2.17. The van der Waals surface area contributed by atoms with E-state index in [1.807, 2.05) is 73.7 Å². The lowest BCUT2D eigenvalue weighted by molar-refractivity contribution is -0.119. The lowest BCUT2D eigenvalue weighted by Gasteiger charge is -2.32. The minimum Gasteiger partial charge on any atom is -0.372 e. The summed E-state index contributed by atoms with van der Waals surface area (Å²) in [6.07, 6.45) is 0.798. The largest absolute Gasteiger partial charge is 0.372 e. The fourth-order valence-corrected chi connectivity index (χ4v) is 3.30. The third-order valence-electron chi connectivity index (χ3n) is 4.85. The van der Waals surface area contributed by atoms with Crippen LogP contribution in [-0.4, -0.2) is 23.3 Å². The second kappa shape index (κ2) is 10.5. The van der Waals surface area contributed by atoms with Crippen LogP contribution in [0, 0.1) is 0 Å². The quantitative estimate of drug-likeness (QED) is 0.475. The summed E-state index contributed by atoms with van der Waals surface area (Å²) < 4.78 is 6.06. The van der Waals surface area contributed by atoms with E-state index in [0.717, 1.165) is 11.8 Å². The maximum Gasteiger partial charge on any atom is 0.139 e. The summed E-state index contributed by atoms with van der Waals surface area (Å²) in [7, 11) is 0. The molecule has 0 amide bonds. The zero-order chi connectivity index (χ0) is 19.6. The average molecular weight is 373 g/mol. The van der Waals surface area contributed by atoms with E-state index in [1.54, 1.807) is 0 Å². The lowest BCUT2D eigenvalue weighted by Crippen LogP contribution is -2.44. The number of carbonyl (C=O) groups excluding carboxylic acids is 1. The van der Waals surface area contributed by atoms with Crippen LogP contribution in [-0.2, 0) is 29.2 Å². The van der Waals surface area contributed by atoms with Crippen molar-refractivity contribution in [1.82, 2.24) is 4.90 Å². The van der Waals surface area contributed by atoms with E-state index in [-0.39, 0.29) is 12.1 Å². The molecule has 0 aliphatic heterocycles. The third-order valence-corrected chi connectivity index (χ3v) is 4.85. The number of hydrogen-bond acceptors (Lipinski definition) is 3. The van der Waals surface area contributed by atoms with Crippen molar-refractivity contribution in [2.75, 3.05) is 0 Å². The average Bonchev–Trinajstić information content (AvgIpc) is 2.75. The van der Waals surface area contributed by atoms with Gasteiger partial charge in [0.15, 0.2) is 0 Å². The Kier molecular flexibility index (Phi) is 7.53. The molecular formula is C25H27NO2. The first kappa shape index (κ1) is 20.0. The fraction of sp³-hybridized carbons (Fsp3) is 0.240. The normalized spacial score (nSPS) is 13.2. The van der Waals surface area contributed by atoms with Crippen molar-refractivity contribution in [1.29, 1.82) is 0 Å². The molecule has 28 heavy (non-hydrogen) atoms. The Labute approximate surface area is 167 Å². The van der Waals surface area contributed by atoms with Crippen LogP contribution in [0.1, 0.15) is 23.6 Å². The molecule has 3 rings (SSSR count). The Bertz CT molecular complexity index is 779. The molecule has 3 aromatic rings. The standard InChI is InChI=1S/C25H27NO2/c1-21(28-20-24-15-9-4-10-16-24)25(19-27)26(17-22-11-5-2-6-12-22)18-23-13-7-3-8-14-23/h2-16,19,21,25H,17-18,20H2,1H3/t21-,25-/m1/s1. The monoisotopic (exact) mass is 373 g/mol. The summed E-state index contributed by atoms with van der Waals surface area (Å²) in [6.45, 7) is 3.86. The van der Waals surface area contributed by atoms with E-state index in [2.05, 4.69) is 29.2 Å². The van der Waals surface area contributed by atoms with Crippen LogP contribution >= 0.6 is 0 Å². The van der Waals surface area contributed by atoms with Crippen LogP contribution < -0.4 is 0 Å². The van der Waals surface area contributed by atoms with Crippen LogP contribution in [0.5, 0.6) is 0 Å². The molecule has 0 saturated carbocycles. The van der Waals surface area contributed by atoms with Gasteiger partial charge < -0.3 is 9.53 Å². The maximum atomic E-state index is 12.1. The van der Waals surface area contributed by atoms with Crippen molar-refractivity contribution < 1.29 is 9.53 Å². The second-order valence-corrected chi connectivity index (χ2v) is 7.00. The van der Waals surface area contributed by atoms with E-state index in [0.29, 0.717) is 19.7 Å². The van der Waals surface area contributed by atoms with Gasteiger partial charge in [-0.05, 0) is 23.6 Å². The van der Waals surface area contributed by atoms with Gasteiger partial charge in [-0.15, -0.1) is 0 Å². The Morgan fingerprint density at radius 2 is 1.18 bits per heavy atom. The maximum absolute atomic E-state index is 12.1. The highest BCUT2D eigenvalue weighted by atomic mass is 16.5. The number of rotatable bonds is 10. The molecule has 0 aromatic heterocycles. The fourth-order valence-electron chi connectivity index (χ4n) is 3.30. The predicted octanol–water partition coefficient (Wildman–Crippen LogP) is 4.86. The molecule has 0 aliphatic rings. The van der Waals surface area contributed by atoms with E-state index in [9.17, 15) is 4.79 Å². The molecule has 0 spiro atoms. The van der Waals surface area contributed by atoms with Crippen molar-refractivity contribution >= 4 is 6.29 Å². The van der Waals surface area contributed by atoms with E-state index >= 15 is 0 Å². The van der Waals surface area contributed by atoms with Crippen LogP contribution in [0.25, 0.3) is 0 Å². The van der Waals surface area contributed by atoms with Gasteiger partial charge in [-0.3, -0.25) is 4.90 Å². The summed E-state index contributed by atoms with van der Waals surface area (Å²) in [6, 6.07) is 30.2. The molecular weight excluding hydrogens is 346 g/mol. The van der Waals surface area contributed by atoms with Gasteiger partial charge >= 0.3 is 0 Å². The highest BCUT2D eigenvalue weighted by molar-refractivity contribution is 5.58. The molecule has 0 N–H and O–H groups in total. The van der Waals surface area contributed by atoms with Gasteiger partial charge in [0, 0.05) is 13.1 Å². The molecule has 0 heterocycles. The number of aldehydes is 1. The Balaban J connectivity index is 1.74. The molecule has 144 valence electrons. The number of carbonyl (C=O) groups is 1. The SMILES string of the molecule is C[C@@H](OCc1ccccc1)[C@@H](C=O)N(Cc1ccccc1)Cc1ccccc1. The topological polar surface area (TPSA) is 29.5 Å². The zero-order valence-electron chi connectivity index (χ0n) is 16.3. The summed E-state index contributed by atoms with van der Waals surface area (Å²) in [4.78, 5) is 14.2. The van der Waals surface area contributed by atoms with E-state index in [1.165, 1.54) is 11.1 Å². The van der Waals surface area contributed by atoms with Crippen molar-refractivity contribution in [3.63, 3.8) is 0 Å².